The molecular weight excluding hydrogens is 276 g/mol. The van der Waals surface area contributed by atoms with E-state index in [1.54, 1.807) is 19.1 Å². The van der Waals surface area contributed by atoms with Gasteiger partial charge in [-0.2, -0.15) is 0 Å². The van der Waals surface area contributed by atoms with Crippen molar-refractivity contribution >= 4 is 23.6 Å². The molecule has 21 heavy (non-hydrogen) atoms. The molecule has 0 saturated carbocycles. The molecule has 0 bridgehead atoms. The zero-order chi connectivity index (χ0) is 15.6. The van der Waals surface area contributed by atoms with E-state index in [-0.39, 0.29) is 19.0 Å². The third kappa shape index (κ3) is 3.28. The van der Waals surface area contributed by atoms with Crippen LogP contribution in [-0.4, -0.2) is 52.0 Å². The highest BCUT2D eigenvalue weighted by Gasteiger charge is 2.35. The van der Waals surface area contributed by atoms with E-state index in [1.165, 1.54) is 0 Å². The molecule has 0 spiro atoms. The lowest BCUT2D eigenvalue weighted by atomic mass is 10.2. The third-order valence-corrected chi connectivity index (χ3v) is 3.20. The van der Waals surface area contributed by atoms with Gasteiger partial charge in [0, 0.05) is 12.2 Å². The number of urea groups is 1. The topological polar surface area (TPSA) is 112 Å². The lowest BCUT2D eigenvalue weighted by molar-refractivity contribution is -0.144. The Hall–Kier alpha value is -2.64. The molecule has 2 rings (SSSR count). The van der Waals surface area contributed by atoms with Crippen LogP contribution in [0.15, 0.2) is 12.1 Å². The Morgan fingerprint density at radius 2 is 2.14 bits per heavy atom. The fourth-order valence-electron chi connectivity index (χ4n) is 2.08. The van der Waals surface area contributed by atoms with Gasteiger partial charge in [0.1, 0.15) is 12.6 Å². The molecular formula is C13H16N4O4. The zero-order valence-corrected chi connectivity index (χ0v) is 11.7. The molecule has 1 aliphatic rings. The molecule has 3 N–H and O–H groups in total. The van der Waals surface area contributed by atoms with Crippen LogP contribution in [0.2, 0.25) is 0 Å². The Bertz CT molecular complexity index is 602. The van der Waals surface area contributed by atoms with E-state index in [0.717, 1.165) is 10.6 Å². The van der Waals surface area contributed by atoms with Gasteiger partial charge >= 0.3 is 12.0 Å². The molecule has 0 aliphatic carbocycles. The molecule has 3 amide bonds. The molecule has 2 heterocycles. The van der Waals surface area contributed by atoms with Crippen molar-refractivity contribution in [2.24, 2.45) is 0 Å². The normalized spacial score (nSPS) is 18.1. The van der Waals surface area contributed by atoms with Crippen molar-refractivity contribution in [2.75, 3.05) is 18.4 Å². The van der Waals surface area contributed by atoms with Crippen molar-refractivity contribution in [2.45, 2.75) is 19.9 Å². The molecule has 0 radical (unpaired) electrons. The van der Waals surface area contributed by atoms with Gasteiger partial charge in [0.05, 0.1) is 11.4 Å². The van der Waals surface area contributed by atoms with E-state index in [0.29, 0.717) is 11.4 Å². The number of carbonyl (C=O) groups excluding carboxylic acids is 2. The second-order valence-corrected chi connectivity index (χ2v) is 4.80. The fraction of sp³-hybridized carbons (Fsp3) is 0.385. The molecule has 1 aromatic heterocycles. The SMILES string of the molecule is Cc1ccc(NC(=O)N2CC(=O)NCC2C(=O)O)c(C)n1. The highest BCUT2D eigenvalue weighted by Crippen LogP contribution is 2.15. The molecule has 1 atom stereocenters. The van der Waals surface area contributed by atoms with E-state index in [9.17, 15) is 14.4 Å². The number of aromatic nitrogens is 1. The molecule has 8 heteroatoms. The maximum Gasteiger partial charge on any atom is 0.328 e. The van der Waals surface area contributed by atoms with Crippen molar-refractivity contribution in [1.29, 1.82) is 0 Å². The van der Waals surface area contributed by atoms with Crippen LogP contribution in [0.4, 0.5) is 10.5 Å². The number of nitrogens with one attached hydrogen (secondary N) is 2. The summed E-state index contributed by atoms with van der Waals surface area (Å²) >= 11 is 0. The lowest BCUT2D eigenvalue weighted by Gasteiger charge is -2.32. The number of nitrogens with zero attached hydrogens (tertiary/aromatic N) is 2. The average molecular weight is 292 g/mol. The summed E-state index contributed by atoms with van der Waals surface area (Å²) < 4.78 is 0. The maximum absolute atomic E-state index is 12.2. The Balaban J connectivity index is 2.17. The van der Waals surface area contributed by atoms with Gasteiger partial charge in [0.2, 0.25) is 5.91 Å². The van der Waals surface area contributed by atoms with E-state index >= 15 is 0 Å². The number of pyridine rings is 1. The highest BCUT2D eigenvalue weighted by atomic mass is 16.4. The first-order chi connectivity index (χ1) is 9.88. The molecule has 1 saturated heterocycles. The predicted molar refractivity (Wildman–Crippen MR) is 73.9 cm³/mol. The summed E-state index contributed by atoms with van der Waals surface area (Å²) in [5, 5.41) is 14.1. The number of anilines is 1. The quantitative estimate of drug-likeness (QED) is 0.716. The van der Waals surface area contributed by atoms with E-state index in [2.05, 4.69) is 15.6 Å². The predicted octanol–water partition coefficient (Wildman–Crippen LogP) is 0.115. The van der Waals surface area contributed by atoms with Crippen molar-refractivity contribution in [3.63, 3.8) is 0 Å². The van der Waals surface area contributed by atoms with Gasteiger partial charge in [0.25, 0.3) is 0 Å². The fourth-order valence-corrected chi connectivity index (χ4v) is 2.08. The largest absolute Gasteiger partial charge is 0.480 e. The number of aliphatic carboxylic acids is 1. The van der Waals surface area contributed by atoms with Crippen LogP contribution < -0.4 is 10.6 Å². The number of piperazine rings is 1. The summed E-state index contributed by atoms with van der Waals surface area (Å²) in [5.41, 5.74) is 1.92. The Kier molecular flexibility index (Phi) is 4.06. The van der Waals surface area contributed by atoms with E-state index in [1.807, 2.05) is 6.92 Å². The van der Waals surface area contributed by atoms with Crippen LogP contribution in [0.25, 0.3) is 0 Å². The number of hydrogen-bond donors (Lipinski definition) is 3. The van der Waals surface area contributed by atoms with Crippen molar-refractivity contribution in [3.05, 3.63) is 23.5 Å². The van der Waals surface area contributed by atoms with E-state index in [4.69, 9.17) is 5.11 Å². The molecule has 0 aromatic carbocycles. The third-order valence-electron chi connectivity index (χ3n) is 3.20. The molecule has 8 nitrogen and oxygen atoms in total. The van der Waals surface area contributed by atoms with Gasteiger partial charge in [-0.3, -0.25) is 14.7 Å². The van der Waals surface area contributed by atoms with Gasteiger partial charge in [-0.25, -0.2) is 9.59 Å². The van der Waals surface area contributed by atoms with Crippen LogP contribution in [0, 0.1) is 13.8 Å². The van der Waals surface area contributed by atoms with Gasteiger partial charge in [-0.05, 0) is 26.0 Å². The van der Waals surface area contributed by atoms with Gasteiger partial charge in [-0.15, -0.1) is 0 Å². The van der Waals surface area contributed by atoms with Gasteiger partial charge < -0.3 is 15.7 Å². The van der Waals surface area contributed by atoms with Crippen molar-refractivity contribution < 1.29 is 19.5 Å². The first-order valence-corrected chi connectivity index (χ1v) is 6.40. The second kappa shape index (κ2) is 5.78. The Morgan fingerprint density at radius 1 is 1.43 bits per heavy atom. The monoisotopic (exact) mass is 292 g/mol. The number of amides is 3. The van der Waals surface area contributed by atoms with E-state index < -0.39 is 18.0 Å². The first-order valence-electron chi connectivity index (χ1n) is 6.40. The van der Waals surface area contributed by atoms with Crippen LogP contribution in [0.5, 0.6) is 0 Å². The van der Waals surface area contributed by atoms with Gasteiger partial charge in [-0.1, -0.05) is 0 Å². The number of carbonyl (C=O) groups is 3. The van der Waals surface area contributed by atoms with Crippen LogP contribution >= 0.6 is 0 Å². The zero-order valence-electron chi connectivity index (χ0n) is 11.7. The van der Waals surface area contributed by atoms with Crippen LogP contribution in [-0.2, 0) is 9.59 Å². The molecule has 1 fully saturated rings. The summed E-state index contributed by atoms with van der Waals surface area (Å²) in [6, 6.07) is 1.71. The highest BCUT2D eigenvalue weighted by molar-refractivity contribution is 5.96. The number of carboxylic acid groups (broad SMARTS) is 1. The molecule has 1 unspecified atom stereocenters. The summed E-state index contributed by atoms with van der Waals surface area (Å²) in [6.07, 6.45) is 0. The smallest absolute Gasteiger partial charge is 0.328 e. The Morgan fingerprint density at radius 3 is 2.76 bits per heavy atom. The van der Waals surface area contributed by atoms with Crippen LogP contribution in [0.3, 0.4) is 0 Å². The van der Waals surface area contributed by atoms with Crippen molar-refractivity contribution in [3.8, 4) is 0 Å². The number of hydrogen-bond acceptors (Lipinski definition) is 4. The first kappa shape index (κ1) is 14.8. The number of rotatable bonds is 2. The minimum Gasteiger partial charge on any atom is -0.480 e. The van der Waals surface area contributed by atoms with Crippen molar-refractivity contribution in [1.82, 2.24) is 15.2 Å². The van der Waals surface area contributed by atoms with Crippen LogP contribution in [0.1, 0.15) is 11.4 Å². The summed E-state index contributed by atoms with van der Waals surface area (Å²) in [5.74, 6) is -1.55. The minimum atomic E-state index is -1.16. The maximum atomic E-state index is 12.2. The number of carboxylic acids is 1. The summed E-state index contributed by atoms with van der Waals surface area (Å²) in [4.78, 5) is 39.9. The minimum absolute atomic E-state index is 0.104. The average Bonchev–Trinajstić information content (AvgIpc) is 2.41. The number of aryl methyl sites for hydroxylation is 2. The Labute approximate surface area is 121 Å². The van der Waals surface area contributed by atoms with Gasteiger partial charge in [0.15, 0.2) is 0 Å². The summed E-state index contributed by atoms with van der Waals surface area (Å²) in [6.45, 7) is 3.17. The molecule has 1 aliphatic heterocycles. The molecule has 112 valence electrons. The standard InChI is InChI=1S/C13H16N4O4/c1-7-3-4-9(8(2)15-7)16-13(21)17-6-11(18)14-5-10(17)12(19)20/h3-4,10H,5-6H2,1-2H3,(H,14,18)(H,16,21)(H,19,20). The molecule has 1 aromatic rings. The second-order valence-electron chi connectivity index (χ2n) is 4.80. The summed E-state index contributed by atoms with van der Waals surface area (Å²) in [7, 11) is 0. The lowest BCUT2D eigenvalue weighted by Crippen LogP contribution is -2.60.